The molecule has 90 heavy (non-hydrogen) atoms. The highest BCUT2D eigenvalue weighted by Gasteiger charge is 2.36. The van der Waals surface area contributed by atoms with Gasteiger partial charge >= 0.3 is 0 Å². The minimum atomic E-state index is -0.230. The first kappa shape index (κ1) is 50.3. The Morgan fingerprint density at radius 2 is 0.844 bits per heavy atom. The van der Waals surface area contributed by atoms with Crippen LogP contribution in [0.1, 0.15) is 25.0 Å². The monoisotopic (exact) mass is 1150 g/mol. The molecule has 0 amide bonds. The summed E-state index contributed by atoms with van der Waals surface area (Å²) >= 11 is 0. The van der Waals surface area contributed by atoms with Gasteiger partial charge in [0.25, 0.3) is 0 Å². The largest absolute Gasteiger partial charge is 0.456 e. The molecule has 0 saturated carbocycles. The van der Waals surface area contributed by atoms with Crippen molar-refractivity contribution in [1.82, 2.24) is 28.7 Å². The van der Waals surface area contributed by atoms with Crippen molar-refractivity contribution in [3.63, 3.8) is 0 Å². The van der Waals surface area contributed by atoms with Gasteiger partial charge in [0, 0.05) is 76.8 Å². The lowest BCUT2D eigenvalue weighted by atomic mass is 9.82. The quantitative estimate of drug-likeness (QED) is 0.152. The van der Waals surface area contributed by atoms with Crippen molar-refractivity contribution >= 4 is 115 Å². The predicted octanol–water partition coefficient (Wildman–Crippen LogP) is 21.3. The van der Waals surface area contributed by atoms with Crippen molar-refractivity contribution in [2.45, 2.75) is 19.3 Å². The third-order valence-electron chi connectivity index (χ3n) is 19.1. The van der Waals surface area contributed by atoms with Crippen LogP contribution >= 0.6 is 0 Å². The van der Waals surface area contributed by atoms with Crippen molar-refractivity contribution in [3.8, 4) is 51.2 Å². The van der Waals surface area contributed by atoms with E-state index in [1.807, 2.05) is 12.1 Å². The fourth-order valence-electron chi connectivity index (χ4n) is 14.8. The molecule has 5 heterocycles. The summed E-state index contributed by atoms with van der Waals surface area (Å²) in [6.45, 7) is 4.69. The van der Waals surface area contributed by atoms with E-state index < -0.39 is 0 Å². The third-order valence-corrected chi connectivity index (χ3v) is 19.1. The van der Waals surface area contributed by atoms with Gasteiger partial charge in [-0.3, -0.25) is 9.13 Å². The summed E-state index contributed by atoms with van der Waals surface area (Å²) in [5, 5.41) is 11.2. The summed E-state index contributed by atoms with van der Waals surface area (Å²) in [6, 6.07) is 103. The molecule has 8 heteroatoms. The van der Waals surface area contributed by atoms with Gasteiger partial charge in [-0.1, -0.05) is 184 Å². The third kappa shape index (κ3) is 7.45. The SMILES string of the molecule is CC1(C)c2ccccc2-c2cc3c4ccccc4n(-c4nc(-c5ccc6ccc(N(c7ccccc7)c7ccc8c9ccccc9n(-c9ccccc9)c8c7)cc6c5)nc(-n5c6ccccc6c6cc(-c7ccc8oc9ccccc9c8c7)ccc65)n4)c3cc21. The van der Waals surface area contributed by atoms with Gasteiger partial charge in [0.05, 0.1) is 33.1 Å². The van der Waals surface area contributed by atoms with Crippen LogP contribution in [0.3, 0.4) is 0 Å². The molecule has 19 rings (SSSR count). The molecule has 1 aliphatic carbocycles. The highest BCUT2D eigenvalue weighted by Crippen LogP contribution is 2.51. The molecule has 1 aliphatic rings. The highest BCUT2D eigenvalue weighted by atomic mass is 16.3. The van der Waals surface area contributed by atoms with Crippen LogP contribution in [0.15, 0.2) is 290 Å². The lowest BCUT2D eigenvalue weighted by Gasteiger charge is -2.26. The van der Waals surface area contributed by atoms with Crippen LogP contribution in [0.5, 0.6) is 0 Å². The van der Waals surface area contributed by atoms with Crippen LogP contribution in [0.2, 0.25) is 0 Å². The van der Waals surface area contributed by atoms with E-state index in [1.54, 1.807) is 0 Å². The Kier molecular flexibility index (Phi) is 10.7. The average Bonchev–Trinajstić information content (AvgIpc) is 1.61. The normalized spacial score (nSPS) is 12.9. The zero-order valence-corrected chi connectivity index (χ0v) is 49.2. The Hall–Kier alpha value is -11.9. The first-order valence-electron chi connectivity index (χ1n) is 30.7. The van der Waals surface area contributed by atoms with E-state index in [9.17, 15) is 0 Å². The Balaban J connectivity index is 0.818. The van der Waals surface area contributed by atoms with Gasteiger partial charge in [-0.05, 0) is 159 Å². The van der Waals surface area contributed by atoms with Crippen LogP contribution in [0.25, 0.3) is 149 Å². The molecule has 0 atom stereocenters. The molecule has 0 spiro atoms. The molecular formula is C82H53N7O. The number of benzene rings is 13. The Bertz CT molecular complexity index is 6030. The van der Waals surface area contributed by atoms with Gasteiger partial charge < -0.3 is 13.9 Å². The number of furan rings is 1. The van der Waals surface area contributed by atoms with Gasteiger partial charge in [-0.15, -0.1) is 0 Å². The summed E-state index contributed by atoms with van der Waals surface area (Å²) in [4.78, 5) is 19.3. The molecule has 422 valence electrons. The van der Waals surface area contributed by atoms with Gasteiger partial charge in [-0.2, -0.15) is 15.0 Å². The van der Waals surface area contributed by atoms with Crippen molar-refractivity contribution in [2.75, 3.05) is 4.90 Å². The number of fused-ring (bicyclic) bond motifs is 16. The maximum absolute atomic E-state index is 6.27. The van der Waals surface area contributed by atoms with E-state index in [0.717, 1.165) is 121 Å². The fourth-order valence-corrected chi connectivity index (χ4v) is 14.8. The average molecular weight is 1150 g/mol. The van der Waals surface area contributed by atoms with Crippen LogP contribution in [-0.2, 0) is 5.41 Å². The number of hydrogen-bond acceptors (Lipinski definition) is 5. The van der Waals surface area contributed by atoms with Crippen LogP contribution in [-0.4, -0.2) is 28.7 Å². The van der Waals surface area contributed by atoms with Crippen LogP contribution in [0.4, 0.5) is 17.1 Å². The van der Waals surface area contributed by atoms with E-state index in [-0.39, 0.29) is 5.41 Å². The minimum Gasteiger partial charge on any atom is -0.456 e. The highest BCUT2D eigenvalue weighted by molar-refractivity contribution is 6.14. The number of rotatable bonds is 8. The van der Waals surface area contributed by atoms with Gasteiger partial charge in [-0.25, -0.2) is 0 Å². The maximum atomic E-state index is 6.27. The fraction of sp³-hybridized carbons (Fsp3) is 0.0366. The first-order chi connectivity index (χ1) is 44.4. The number of aromatic nitrogens is 6. The van der Waals surface area contributed by atoms with Crippen LogP contribution in [0, 0.1) is 0 Å². The number of anilines is 3. The topological polar surface area (TPSA) is 69.8 Å². The summed E-state index contributed by atoms with van der Waals surface area (Å²) in [5.41, 5.74) is 20.4. The predicted molar refractivity (Wildman–Crippen MR) is 371 cm³/mol. The van der Waals surface area contributed by atoms with E-state index in [0.29, 0.717) is 17.7 Å². The molecule has 18 aromatic rings. The molecule has 0 saturated heterocycles. The molecule has 0 N–H and O–H groups in total. The molecule has 8 nitrogen and oxygen atoms in total. The summed E-state index contributed by atoms with van der Waals surface area (Å²) in [7, 11) is 0. The van der Waals surface area contributed by atoms with Gasteiger partial charge in [0.2, 0.25) is 11.9 Å². The number of hydrogen-bond donors (Lipinski definition) is 0. The van der Waals surface area contributed by atoms with E-state index in [1.165, 1.54) is 38.5 Å². The lowest BCUT2D eigenvalue weighted by molar-refractivity contribution is 0.661. The van der Waals surface area contributed by atoms with Crippen molar-refractivity contribution in [3.05, 3.63) is 296 Å². The number of para-hydroxylation sites is 6. The molecule has 0 unspecified atom stereocenters. The van der Waals surface area contributed by atoms with E-state index in [4.69, 9.17) is 19.4 Å². The second-order valence-electron chi connectivity index (χ2n) is 24.4. The Morgan fingerprint density at radius 1 is 0.311 bits per heavy atom. The smallest absolute Gasteiger partial charge is 0.240 e. The zero-order valence-electron chi connectivity index (χ0n) is 49.2. The summed E-state index contributed by atoms with van der Waals surface area (Å²) < 4.78 is 13.1. The van der Waals surface area contributed by atoms with Crippen LogP contribution < -0.4 is 4.90 Å². The number of nitrogens with zero attached hydrogens (tertiary/aromatic N) is 7. The zero-order chi connectivity index (χ0) is 59.3. The molecular weight excluding hydrogens is 1100 g/mol. The van der Waals surface area contributed by atoms with Crippen molar-refractivity contribution in [2.24, 2.45) is 0 Å². The molecule has 13 aromatic carbocycles. The second kappa shape index (κ2) is 19.1. The van der Waals surface area contributed by atoms with Crippen molar-refractivity contribution < 1.29 is 4.42 Å². The van der Waals surface area contributed by atoms with Gasteiger partial charge in [0.15, 0.2) is 5.82 Å². The van der Waals surface area contributed by atoms with Crippen molar-refractivity contribution in [1.29, 1.82) is 0 Å². The molecule has 0 bridgehead atoms. The molecule has 5 aromatic heterocycles. The molecule has 0 aliphatic heterocycles. The minimum absolute atomic E-state index is 0.230. The first-order valence-corrected chi connectivity index (χ1v) is 30.7. The molecule has 0 fully saturated rings. The summed E-state index contributed by atoms with van der Waals surface area (Å²) in [5.74, 6) is 1.61. The van der Waals surface area contributed by atoms with Gasteiger partial charge in [0.1, 0.15) is 11.2 Å². The second-order valence-corrected chi connectivity index (χ2v) is 24.4. The molecule has 0 radical (unpaired) electrons. The summed E-state index contributed by atoms with van der Waals surface area (Å²) in [6.07, 6.45) is 0. The Labute approximate surface area is 517 Å². The Morgan fingerprint density at radius 3 is 1.61 bits per heavy atom. The van der Waals surface area contributed by atoms with E-state index in [2.05, 4.69) is 305 Å². The standard InChI is InChI=1S/C82H53N7O/c1-82(2)69-28-14-9-23-59(69)65-48-67-62-26-12-17-31-73(62)89(76(67)49-70(65)82)81-84-79(83-80(85-81)88-72-30-16-11-25-61(72)66-45-51(36-41-74(66)88)52-37-42-78-68(46-52)64-27-13-18-32-77(64)90-78)53-34-33-50-35-38-57(44-54(50)43-53)86(55-19-5-3-6-20-55)58-39-40-63-60-24-10-15-29-71(60)87(75(63)47-58)56-21-7-4-8-22-56/h3-49H,1-2H3. The lowest BCUT2D eigenvalue weighted by Crippen LogP contribution is -2.15. The van der Waals surface area contributed by atoms with E-state index >= 15 is 0 Å². The maximum Gasteiger partial charge on any atom is 0.240 e.